The van der Waals surface area contributed by atoms with Crippen molar-refractivity contribution in [3.8, 4) is 5.75 Å². The molecule has 0 bridgehead atoms. The summed E-state index contributed by atoms with van der Waals surface area (Å²) >= 11 is 3.28. The average molecular weight is 252 g/mol. The highest BCUT2D eigenvalue weighted by atomic mass is 79.9. The number of pyridine rings is 1. The van der Waals surface area contributed by atoms with E-state index in [9.17, 15) is 8.78 Å². The molecule has 0 aliphatic rings. The molecule has 13 heavy (non-hydrogen) atoms. The van der Waals surface area contributed by atoms with E-state index >= 15 is 0 Å². The number of hydrogen-bond acceptors (Lipinski definition) is 2. The van der Waals surface area contributed by atoms with E-state index in [-0.39, 0.29) is 10.6 Å². The maximum absolute atomic E-state index is 11.8. The van der Waals surface area contributed by atoms with E-state index in [1.54, 1.807) is 0 Å². The van der Waals surface area contributed by atoms with Gasteiger partial charge in [-0.15, -0.1) is 0 Å². The fourth-order valence-corrected chi connectivity index (χ4v) is 1.07. The molecule has 72 valence electrons. The molecule has 0 fully saturated rings. The van der Waals surface area contributed by atoms with Crippen LogP contribution in [0, 0.1) is 0 Å². The van der Waals surface area contributed by atoms with Crippen LogP contribution in [0.1, 0.15) is 17.4 Å². The lowest BCUT2D eigenvalue weighted by Crippen LogP contribution is -2.02. The number of nitrogens with zero attached hydrogens (tertiary/aromatic N) is 1. The van der Waals surface area contributed by atoms with Crippen molar-refractivity contribution in [3.63, 3.8) is 0 Å². The van der Waals surface area contributed by atoms with Gasteiger partial charge in [-0.1, -0.05) is 15.9 Å². The van der Waals surface area contributed by atoms with Crippen molar-refractivity contribution in [2.24, 2.45) is 0 Å². The summed E-state index contributed by atoms with van der Waals surface area (Å²) in [5.41, 5.74) is 0.665. The predicted molar refractivity (Wildman–Crippen MR) is 48.2 cm³/mol. The van der Waals surface area contributed by atoms with Gasteiger partial charge >= 0.3 is 6.61 Å². The lowest BCUT2D eigenvalue weighted by molar-refractivity contribution is -0.0499. The molecule has 0 aromatic carbocycles. The smallest absolute Gasteiger partial charge is 0.387 e. The second-order valence-electron chi connectivity index (χ2n) is 2.41. The van der Waals surface area contributed by atoms with Gasteiger partial charge in [-0.3, -0.25) is 4.98 Å². The first kappa shape index (κ1) is 10.4. The zero-order chi connectivity index (χ0) is 9.84. The minimum absolute atomic E-state index is 0.0220. The first-order chi connectivity index (χ1) is 6.09. The highest BCUT2D eigenvalue weighted by Gasteiger charge is 2.07. The van der Waals surface area contributed by atoms with Crippen LogP contribution in [0.2, 0.25) is 0 Å². The minimum atomic E-state index is -2.79. The number of hydrogen-bond donors (Lipinski definition) is 0. The van der Waals surface area contributed by atoms with Crippen LogP contribution in [-0.2, 0) is 0 Å². The number of alkyl halides is 3. The standard InChI is InChI=1S/C8H8BrF2NO/c1-5(9)7-4-6(2-3-12-7)13-8(10)11/h2-5,8H,1H3. The number of halogens is 3. The van der Waals surface area contributed by atoms with Gasteiger partial charge in [-0.05, 0) is 13.0 Å². The van der Waals surface area contributed by atoms with E-state index < -0.39 is 6.61 Å². The Morgan fingerprint density at radius 1 is 1.54 bits per heavy atom. The molecule has 0 saturated carbocycles. The molecule has 0 radical (unpaired) electrons. The molecule has 0 aliphatic carbocycles. The first-order valence-corrected chi connectivity index (χ1v) is 4.56. The Labute approximate surface area is 83.1 Å². The SMILES string of the molecule is CC(Br)c1cc(OC(F)F)ccn1. The van der Waals surface area contributed by atoms with Crippen LogP contribution in [0.15, 0.2) is 18.3 Å². The highest BCUT2D eigenvalue weighted by Crippen LogP contribution is 2.23. The Kier molecular flexibility index (Phi) is 3.59. The van der Waals surface area contributed by atoms with Crippen molar-refractivity contribution in [1.82, 2.24) is 4.98 Å². The van der Waals surface area contributed by atoms with E-state index in [1.165, 1.54) is 18.3 Å². The van der Waals surface area contributed by atoms with Gasteiger partial charge in [0.05, 0.1) is 10.5 Å². The summed E-state index contributed by atoms with van der Waals surface area (Å²) in [5, 5.41) is 0. The van der Waals surface area contributed by atoms with Crippen LogP contribution in [0.25, 0.3) is 0 Å². The second-order valence-corrected chi connectivity index (χ2v) is 3.78. The molecule has 1 unspecified atom stereocenters. The van der Waals surface area contributed by atoms with E-state index in [1.807, 2.05) is 6.92 Å². The second kappa shape index (κ2) is 4.50. The Hall–Kier alpha value is -0.710. The summed E-state index contributed by atoms with van der Waals surface area (Å²) in [6.07, 6.45) is 1.44. The normalized spacial score (nSPS) is 13.0. The molecule has 1 aromatic rings. The van der Waals surface area contributed by atoms with Gasteiger partial charge < -0.3 is 4.74 Å². The minimum Gasteiger partial charge on any atom is -0.435 e. The van der Waals surface area contributed by atoms with Gasteiger partial charge in [0.15, 0.2) is 0 Å². The fraction of sp³-hybridized carbons (Fsp3) is 0.375. The number of aromatic nitrogens is 1. The molecule has 0 spiro atoms. The lowest BCUT2D eigenvalue weighted by atomic mass is 10.3. The monoisotopic (exact) mass is 251 g/mol. The van der Waals surface area contributed by atoms with Crippen LogP contribution < -0.4 is 4.74 Å². The summed E-state index contributed by atoms with van der Waals surface area (Å²) in [7, 11) is 0. The van der Waals surface area contributed by atoms with E-state index in [2.05, 4.69) is 25.7 Å². The van der Waals surface area contributed by atoms with Crippen molar-refractivity contribution < 1.29 is 13.5 Å². The van der Waals surface area contributed by atoms with Crippen molar-refractivity contribution >= 4 is 15.9 Å². The number of ether oxygens (including phenoxy) is 1. The van der Waals surface area contributed by atoms with Gasteiger partial charge in [-0.25, -0.2) is 0 Å². The molecule has 0 N–H and O–H groups in total. The Bertz CT molecular complexity index is 281. The summed E-state index contributed by atoms with van der Waals surface area (Å²) < 4.78 is 27.8. The third-order valence-corrected chi connectivity index (χ3v) is 1.85. The van der Waals surface area contributed by atoms with Crippen LogP contribution in [-0.4, -0.2) is 11.6 Å². The molecular formula is C8H8BrF2NO. The summed E-state index contributed by atoms with van der Waals surface area (Å²) in [6, 6.07) is 2.87. The molecule has 0 amide bonds. The molecule has 0 aliphatic heterocycles. The van der Waals surface area contributed by atoms with Gasteiger partial charge in [-0.2, -0.15) is 8.78 Å². The van der Waals surface area contributed by atoms with E-state index in [4.69, 9.17) is 0 Å². The maximum Gasteiger partial charge on any atom is 0.387 e. The molecule has 1 rings (SSSR count). The maximum atomic E-state index is 11.8. The Balaban J connectivity index is 2.79. The molecule has 2 nitrogen and oxygen atoms in total. The summed E-state index contributed by atoms with van der Waals surface area (Å²) in [5.74, 6) is 0.131. The third kappa shape index (κ3) is 3.26. The molecule has 0 saturated heterocycles. The van der Waals surface area contributed by atoms with Crippen molar-refractivity contribution in [2.45, 2.75) is 18.4 Å². The van der Waals surface area contributed by atoms with Crippen LogP contribution in [0.5, 0.6) is 5.75 Å². The van der Waals surface area contributed by atoms with Gasteiger partial charge in [0.1, 0.15) is 5.75 Å². The topological polar surface area (TPSA) is 22.1 Å². The largest absolute Gasteiger partial charge is 0.435 e. The van der Waals surface area contributed by atoms with Gasteiger partial charge in [0.25, 0.3) is 0 Å². The van der Waals surface area contributed by atoms with Gasteiger partial charge in [0.2, 0.25) is 0 Å². The predicted octanol–water partition coefficient (Wildman–Crippen LogP) is 3.14. The average Bonchev–Trinajstić information content (AvgIpc) is 2.03. The van der Waals surface area contributed by atoms with Gasteiger partial charge in [0, 0.05) is 12.3 Å². The number of rotatable bonds is 3. The molecule has 1 atom stereocenters. The van der Waals surface area contributed by atoms with Crippen LogP contribution in [0.4, 0.5) is 8.78 Å². The third-order valence-electron chi connectivity index (χ3n) is 1.39. The lowest BCUT2D eigenvalue weighted by Gasteiger charge is -2.06. The van der Waals surface area contributed by atoms with Crippen molar-refractivity contribution in [2.75, 3.05) is 0 Å². The quantitative estimate of drug-likeness (QED) is 0.771. The molecule has 1 aromatic heterocycles. The van der Waals surface area contributed by atoms with Crippen LogP contribution >= 0.6 is 15.9 Å². The van der Waals surface area contributed by atoms with Crippen LogP contribution in [0.3, 0.4) is 0 Å². The molecular weight excluding hydrogens is 244 g/mol. The fourth-order valence-electron chi connectivity index (χ4n) is 0.822. The zero-order valence-corrected chi connectivity index (χ0v) is 8.46. The first-order valence-electron chi connectivity index (χ1n) is 3.64. The van der Waals surface area contributed by atoms with Crippen molar-refractivity contribution in [1.29, 1.82) is 0 Å². The highest BCUT2D eigenvalue weighted by molar-refractivity contribution is 9.09. The van der Waals surface area contributed by atoms with E-state index in [0.29, 0.717) is 5.69 Å². The Morgan fingerprint density at radius 2 is 2.23 bits per heavy atom. The van der Waals surface area contributed by atoms with Crippen molar-refractivity contribution in [3.05, 3.63) is 24.0 Å². The molecule has 1 heterocycles. The summed E-state index contributed by atoms with van der Waals surface area (Å²) in [6.45, 7) is -0.935. The summed E-state index contributed by atoms with van der Waals surface area (Å²) in [4.78, 5) is 4.00. The Morgan fingerprint density at radius 3 is 2.77 bits per heavy atom. The molecule has 5 heteroatoms. The zero-order valence-electron chi connectivity index (χ0n) is 6.88. The van der Waals surface area contributed by atoms with E-state index in [0.717, 1.165) is 0 Å².